The number of aromatic hydroxyl groups is 1. The predicted octanol–water partition coefficient (Wildman–Crippen LogP) is 0.970. The largest absolute Gasteiger partial charge is 0.493 e. The summed E-state index contributed by atoms with van der Waals surface area (Å²) in [6.07, 6.45) is -0.851. The van der Waals surface area contributed by atoms with Crippen LogP contribution in [0.15, 0.2) is 28.8 Å². The lowest BCUT2D eigenvalue weighted by Gasteiger charge is -2.24. The van der Waals surface area contributed by atoms with Gasteiger partial charge in [0, 0.05) is 31.1 Å². The summed E-state index contributed by atoms with van der Waals surface area (Å²) in [5, 5.41) is 9.81. The van der Waals surface area contributed by atoms with Crippen molar-refractivity contribution in [3.8, 4) is 17.7 Å². The topological polar surface area (TPSA) is 121 Å². The number of aromatic amines is 1. The Morgan fingerprint density at radius 1 is 1.27 bits per heavy atom. The number of imidazole rings is 1. The van der Waals surface area contributed by atoms with E-state index in [-0.39, 0.29) is 30.8 Å². The summed E-state index contributed by atoms with van der Waals surface area (Å²) in [4.78, 5) is 20.5. The smallest absolute Gasteiger partial charge is 0.451 e. The number of alkyl halides is 3. The first-order valence-electron chi connectivity index (χ1n) is 8.54. The van der Waals surface area contributed by atoms with Gasteiger partial charge >= 0.3 is 11.9 Å². The van der Waals surface area contributed by atoms with Crippen LogP contribution >= 0.6 is 0 Å². The summed E-state index contributed by atoms with van der Waals surface area (Å²) in [7, 11) is -3.88. The number of nitrogens with one attached hydrogen (secondary N) is 1. The Kier molecular flexibility index (Phi) is 5.73. The molecule has 0 unspecified atom stereocenters. The second-order valence-corrected chi connectivity index (χ2v) is 8.37. The predicted molar refractivity (Wildman–Crippen MR) is 98.6 cm³/mol. The molecule has 0 aromatic carbocycles. The van der Waals surface area contributed by atoms with Crippen LogP contribution in [0.25, 0.3) is 0 Å². The van der Waals surface area contributed by atoms with Crippen LogP contribution in [0.3, 0.4) is 0 Å². The second kappa shape index (κ2) is 7.96. The molecule has 13 heteroatoms. The maximum Gasteiger partial charge on any atom is 0.451 e. The first-order valence-corrected chi connectivity index (χ1v) is 10.1. The fourth-order valence-electron chi connectivity index (χ4n) is 2.66. The molecule has 0 atom stereocenters. The van der Waals surface area contributed by atoms with Crippen molar-refractivity contribution in [1.29, 1.82) is 0 Å². The molecule has 0 saturated heterocycles. The van der Waals surface area contributed by atoms with E-state index in [0.717, 1.165) is 21.3 Å². The quantitative estimate of drug-likeness (QED) is 0.682. The fourth-order valence-corrected chi connectivity index (χ4v) is 4.06. The van der Waals surface area contributed by atoms with Gasteiger partial charge in [0.2, 0.25) is 21.7 Å². The number of rotatable bonds is 3. The Bertz CT molecular complexity index is 1200. The molecule has 0 saturated carbocycles. The van der Waals surface area contributed by atoms with Gasteiger partial charge in [0.15, 0.2) is 0 Å². The molecule has 2 aromatic rings. The van der Waals surface area contributed by atoms with Crippen LogP contribution in [0.1, 0.15) is 23.5 Å². The van der Waals surface area contributed by atoms with Crippen molar-refractivity contribution in [1.82, 2.24) is 23.8 Å². The van der Waals surface area contributed by atoms with Gasteiger partial charge in [-0.2, -0.15) is 17.5 Å². The van der Waals surface area contributed by atoms with E-state index >= 15 is 0 Å². The molecule has 1 aliphatic rings. The molecule has 0 radical (unpaired) electrons. The fraction of sp³-hybridized carbons (Fsp3) is 0.353. The van der Waals surface area contributed by atoms with Crippen LogP contribution in [0.5, 0.6) is 5.88 Å². The van der Waals surface area contributed by atoms with Gasteiger partial charge in [0.05, 0.1) is 11.3 Å². The Morgan fingerprint density at radius 2 is 1.93 bits per heavy atom. The van der Waals surface area contributed by atoms with Crippen LogP contribution in [0.2, 0.25) is 0 Å². The molecule has 2 N–H and O–H groups in total. The Morgan fingerprint density at radius 3 is 2.43 bits per heavy atom. The number of sulfonamides is 1. The molecule has 3 rings (SSSR count). The molecule has 1 aliphatic heterocycles. The molecule has 9 nitrogen and oxygen atoms in total. The average Bonchev–Trinajstić information content (AvgIpc) is 2.92. The molecule has 2 aromatic heterocycles. The number of H-pyrrole nitrogens is 1. The maximum absolute atomic E-state index is 12.5. The molecule has 30 heavy (non-hydrogen) atoms. The van der Waals surface area contributed by atoms with E-state index in [1.807, 2.05) is 0 Å². The lowest BCUT2D eigenvalue weighted by atomic mass is 10.1. The summed E-state index contributed by atoms with van der Waals surface area (Å²) < 4.78 is 64.3. The highest BCUT2D eigenvalue weighted by Crippen LogP contribution is 2.25. The Labute approximate surface area is 168 Å². The molecule has 3 heterocycles. The first-order chi connectivity index (χ1) is 14.0. The zero-order valence-electron chi connectivity index (χ0n) is 15.6. The van der Waals surface area contributed by atoms with Crippen molar-refractivity contribution in [3.63, 3.8) is 0 Å². The molecule has 0 bridgehead atoms. The highest BCUT2D eigenvalue weighted by molar-refractivity contribution is 7.88. The maximum atomic E-state index is 12.5. The number of aryl methyl sites for hydroxylation is 1. The van der Waals surface area contributed by atoms with Gasteiger partial charge in [-0.25, -0.2) is 27.7 Å². The van der Waals surface area contributed by atoms with Gasteiger partial charge in [0.25, 0.3) is 0 Å². The number of hydrogen-bond donors (Lipinski definition) is 2. The van der Waals surface area contributed by atoms with Crippen LogP contribution in [0, 0.1) is 18.8 Å². The van der Waals surface area contributed by atoms with Gasteiger partial charge in [0.1, 0.15) is 5.88 Å². The molecule has 160 valence electrons. The van der Waals surface area contributed by atoms with Crippen molar-refractivity contribution < 1.29 is 26.7 Å². The minimum Gasteiger partial charge on any atom is -0.493 e. The van der Waals surface area contributed by atoms with E-state index in [9.17, 15) is 31.5 Å². The number of aromatic nitrogens is 4. The number of hydrogen-bond acceptors (Lipinski definition) is 6. The van der Waals surface area contributed by atoms with Gasteiger partial charge < -0.3 is 10.1 Å². The highest BCUT2D eigenvalue weighted by Gasteiger charge is 2.34. The van der Waals surface area contributed by atoms with Crippen LogP contribution < -0.4 is 5.69 Å². The van der Waals surface area contributed by atoms with E-state index in [1.54, 1.807) is 6.08 Å². The number of halogens is 3. The van der Waals surface area contributed by atoms with Crippen LogP contribution in [0.4, 0.5) is 13.2 Å². The minimum atomic E-state index is -4.63. The monoisotopic (exact) mass is 443 g/mol. The van der Waals surface area contributed by atoms with Gasteiger partial charge in [-0.15, -0.1) is 0 Å². The van der Waals surface area contributed by atoms with E-state index in [0.29, 0.717) is 5.57 Å². The average molecular weight is 443 g/mol. The Balaban J connectivity index is 1.68. The van der Waals surface area contributed by atoms with Crippen molar-refractivity contribution >= 4 is 10.0 Å². The Hall–Kier alpha value is -3.11. The van der Waals surface area contributed by atoms with Crippen molar-refractivity contribution in [2.45, 2.75) is 25.4 Å². The molecule has 0 spiro atoms. The second-order valence-electron chi connectivity index (χ2n) is 6.43. The summed E-state index contributed by atoms with van der Waals surface area (Å²) in [6.45, 7) is 1.55. The van der Waals surface area contributed by atoms with E-state index < -0.39 is 39.5 Å². The first kappa shape index (κ1) is 21.6. The minimum absolute atomic E-state index is 0.00871. The van der Waals surface area contributed by atoms with Gasteiger partial charge in [-0.1, -0.05) is 17.9 Å². The summed E-state index contributed by atoms with van der Waals surface area (Å²) in [5.74, 6) is 3.00. The zero-order valence-corrected chi connectivity index (χ0v) is 16.4. The van der Waals surface area contributed by atoms with E-state index in [2.05, 4.69) is 26.8 Å². The summed E-state index contributed by atoms with van der Waals surface area (Å²) in [6, 6.07) is 0. The number of nitrogens with zero attached hydrogens (tertiary/aromatic N) is 4. The van der Waals surface area contributed by atoms with Gasteiger partial charge in [-0.3, -0.25) is 0 Å². The van der Waals surface area contributed by atoms with Gasteiger partial charge in [-0.05, 0) is 13.3 Å². The standard InChI is InChI=1S/C17H16F3N5O4S/c1-11-14(26)25(16(27)23-11)10-30(28,29)24-6-4-12(5-7-24)2-3-13-8-21-15(22-9-13)17(18,19)20/h4,8-9,26H,5-7,10H2,1H3,(H,23,27). The lowest BCUT2D eigenvalue weighted by molar-refractivity contribution is -0.145. The highest BCUT2D eigenvalue weighted by atomic mass is 32.2. The lowest BCUT2D eigenvalue weighted by Crippen LogP contribution is -2.38. The third-order valence-electron chi connectivity index (χ3n) is 4.26. The molecule has 0 aliphatic carbocycles. The normalized spacial score (nSPS) is 15.4. The van der Waals surface area contributed by atoms with Crippen molar-refractivity contribution in [2.75, 3.05) is 13.1 Å². The van der Waals surface area contributed by atoms with Crippen LogP contribution in [-0.4, -0.2) is 50.4 Å². The molecular weight excluding hydrogens is 427 g/mol. The molecule has 0 amide bonds. The van der Waals surface area contributed by atoms with E-state index in [4.69, 9.17) is 0 Å². The summed E-state index contributed by atoms with van der Waals surface area (Å²) in [5.41, 5.74) is 0.237. The van der Waals surface area contributed by atoms with Crippen molar-refractivity contribution in [3.05, 3.63) is 51.6 Å². The zero-order chi connectivity index (χ0) is 22.1. The van der Waals surface area contributed by atoms with Crippen molar-refractivity contribution in [2.24, 2.45) is 0 Å². The van der Waals surface area contributed by atoms with E-state index in [1.165, 1.54) is 6.92 Å². The third kappa shape index (κ3) is 4.71. The SMILES string of the molecule is Cc1[nH]c(=O)n(CS(=O)(=O)N2CC=C(C#Cc3cnc(C(F)(F)F)nc3)CC2)c1O. The molecule has 0 fully saturated rings. The van der Waals surface area contributed by atoms with Crippen LogP contribution in [-0.2, 0) is 22.1 Å². The third-order valence-corrected chi connectivity index (χ3v) is 5.96. The molecular formula is C17H16F3N5O4S. The summed E-state index contributed by atoms with van der Waals surface area (Å²) >= 11 is 0.